The predicted octanol–water partition coefficient (Wildman–Crippen LogP) is 1.12. The zero-order valence-corrected chi connectivity index (χ0v) is 17.0. The van der Waals surface area contributed by atoms with E-state index in [1.807, 2.05) is 31.2 Å². The molecule has 31 heavy (non-hydrogen) atoms. The second kappa shape index (κ2) is 7.31. The third kappa shape index (κ3) is 3.75. The molecule has 0 saturated heterocycles. The zero-order valence-electron chi connectivity index (χ0n) is 17.0. The van der Waals surface area contributed by atoms with Crippen molar-refractivity contribution in [2.24, 2.45) is 4.99 Å². The summed E-state index contributed by atoms with van der Waals surface area (Å²) in [6.45, 7) is 2.00. The van der Waals surface area contributed by atoms with Crippen molar-refractivity contribution in [3.05, 3.63) is 62.9 Å². The molecule has 0 unspecified atom stereocenters. The van der Waals surface area contributed by atoms with Crippen LogP contribution in [0.4, 0.5) is 11.5 Å². The van der Waals surface area contributed by atoms with Gasteiger partial charge in [-0.25, -0.2) is 9.78 Å². The molecule has 0 spiro atoms. The Labute approximate surface area is 176 Å². The average molecular weight is 419 g/mol. The van der Waals surface area contributed by atoms with Crippen LogP contribution in [0.3, 0.4) is 0 Å². The molecular weight excluding hydrogens is 398 g/mol. The first-order valence-corrected chi connectivity index (χ1v) is 9.87. The molecule has 10 heteroatoms. The van der Waals surface area contributed by atoms with Crippen LogP contribution in [0.1, 0.15) is 24.1 Å². The maximum atomic E-state index is 11.5. The summed E-state index contributed by atoms with van der Waals surface area (Å²) in [7, 11) is 1.62. The lowest BCUT2D eigenvalue weighted by Crippen LogP contribution is -2.20. The van der Waals surface area contributed by atoms with E-state index in [1.54, 1.807) is 23.9 Å². The number of benzene rings is 1. The first-order valence-electron chi connectivity index (χ1n) is 9.87. The molecule has 3 heterocycles. The van der Waals surface area contributed by atoms with Gasteiger partial charge in [0.2, 0.25) is 5.88 Å². The summed E-state index contributed by atoms with van der Waals surface area (Å²) in [5.74, 6) is 1.03. The summed E-state index contributed by atoms with van der Waals surface area (Å²) in [5.41, 5.74) is 2.84. The van der Waals surface area contributed by atoms with Gasteiger partial charge in [0, 0.05) is 11.3 Å². The first-order chi connectivity index (χ1) is 15.0. The number of nitrogens with zero attached hydrogens (tertiary/aromatic N) is 4. The molecule has 0 aliphatic heterocycles. The molecule has 0 bridgehead atoms. The minimum Gasteiger partial charge on any atom is -0.495 e. The van der Waals surface area contributed by atoms with E-state index in [9.17, 15) is 9.90 Å². The monoisotopic (exact) mass is 419 g/mol. The number of aryl methyl sites for hydroxylation is 1. The molecule has 10 nitrogen and oxygen atoms in total. The third-order valence-electron chi connectivity index (χ3n) is 4.99. The van der Waals surface area contributed by atoms with Crippen LogP contribution in [-0.4, -0.2) is 42.8 Å². The van der Waals surface area contributed by atoms with Crippen molar-refractivity contribution in [3.63, 3.8) is 0 Å². The number of hydrogen-bond acceptors (Lipinski definition) is 7. The molecule has 1 saturated carbocycles. The maximum absolute atomic E-state index is 11.5. The lowest BCUT2D eigenvalue weighted by atomic mass is 10.2. The van der Waals surface area contributed by atoms with Gasteiger partial charge in [0.15, 0.2) is 11.1 Å². The highest BCUT2D eigenvalue weighted by Gasteiger charge is 2.20. The Bertz CT molecular complexity index is 1460. The molecule has 1 aromatic carbocycles. The lowest BCUT2D eigenvalue weighted by molar-refractivity contribution is 0.416. The highest BCUT2D eigenvalue weighted by atomic mass is 16.5. The highest BCUT2D eigenvalue weighted by molar-refractivity contribution is 5.66. The van der Waals surface area contributed by atoms with E-state index < -0.39 is 5.69 Å². The van der Waals surface area contributed by atoms with Gasteiger partial charge in [0.25, 0.3) is 0 Å². The number of ether oxygens (including phenoxy) is 1. The largest absolute Gasteiger partial charge is 0.495 e. The third-order valence-corrected chi connectivity index (χ3v) is 4.99. The molecule has 1 fully saturated rings. The van der Waals surface area contributed by atoms with Gasteiger partial charge in [-0.05, 0) is 43.5 Å². The maximum Gasteiger partial charge on any atom is 0.326 e. The van der Waals surface area contributed by atoms with Gasteiger partial charge in [-0.2, -0.15) is 9.61 Å². The number of hydrogen-bond donors (Lipinski definition) is 4. The molecular formula is C21H21N7O3. The number of imidazole rings is 1. The number of methoxy groups -OCH3 is 1. The van der Waals surface area contributed by atoms with Crippen LogP contribution in [-0.2, 0) is 0 Å². The normalized spacial score (nSPS) is 15.0. The fourth-order valence-electron chi connectivity index (χ4n) is 3.32. The number of nitrogens with one attached hydrogen (secondary N) is 3. The number of aromatic hydroxyl groups is 1. The number of aromatic amines is 2. The SMILES string of the molecule is COc1ccc(C)cc1Nc1cc(=NC2CC2)n2nc/c(=C\c3[nH]c(=O)[nH]c3O)c2n1. The molecule has 5 rings (SSSR count). The van der Waals surface area contributed by atoms with Crippen molar-refractivity contribution < 1.29 is 9.84 Å². The Hall–Kier alpha value is -4.08. The molecule has 1 aliphatic rings. The highest BCUT2D eigenvalue weighted by Crippen LogP contribution is 2.28. The van der Waals surface area contributed by atoms with Crippen LogP contribution in [0.15, 0.2) is 40.2 Å². The minimum absolute atomic E-state index is 0.244. The number of anilines is 2. The van der Waals surface area contributed by atoms with Gasteiger partial charge in [-0.1, -0.05) is 6.07 Å². The molecule has 4 N–H and O–H groups in total. The van der Waals surface area contributed by atoms with E-state index >= 15 is 0 Å². The van der Waals surface area contributed by atoms with Crippen LogP contribution < -0.4 is 26.4 Å². The summed E-state index contributed by atoms with van der Waals surface area (Å²) >= 11 is 0. The van der Waals surface area contributed by atoms with Crippen molar-refractivity contribution in [3.8, 4) is 11.6 Å². The zero-order chi connectivity index (χ0) is 21.5. The van der Waals surface area contributed by atoms with Crippen LogP contribution in [0.2, 0.25) is 0 Å². The van der Waals surface area contributed by atoms with Crippen molar-refractivity contribution in [2.75, 3.05) is 12.4 Å². The van der Waals surface area contributed by atoms with Crippen LogP contribution in [0.5, 0.6) is 11.6 Å². The average Bonchev–Trinajstić information content (AvgIpc) is 3.37. The molecule has 4 aromatic rings. The van der Waals surface area contributed by atoms with Gasteiger partial charge in [0.05, 0.1) is 25.0 Å². The number of aromatic nitrogens is 5. The van der Waals surface area contributed by atoms with Crippen molar-refractivity contribution in [2.45, 2.75) is 25.8 Å². The van der Waals surface area contributed by atoms with E-state index in [0.29, 0.717) is 27.9 Å². The summed E-state index contributed by atoms with van der Waals surface area (Å²) in [5, 5.41) is 18.3. The number of H-pyrrole nitrogens is 2. The van der Waals surface area contributed by atoms with Crippen LogP contribution in [0, 0.1) is 6.92 Å². The van der Waals surface area contributed by atoms with E-state index in [1.165, 1.54) is 0 Å². The van der Waals surface area contributed by atoms with E-state index in [0.717, 1.165) is 24.1 Å². The summed E-state index contributed by atoms with van der Waals surface area (Å²) < 4.78 is 7.12. The topological polar surface area (TPSA) is 133 Å². The minimum atomic E-state index is -0.494. The van der Waals surface area contributed by atoms with Gasteiger partial charge in [-0.15, -0.1) is 0 Å². The molecule has 0 radical (unpaired) electrons. The lowest BCUT2D eigenvalue weighted by Gasteiger charge is -2.11. The fraction of sp³-hybridized carbons (Fsp3) is 0.238. The smallest absolute Gasteiger partial charge is 0.326 e. The second-order valence-corrected chi connectivity index (χ2v) is 7.51. The Morgan fingerprint density at radius 1 is 1.32 bits per heavy atom. The molecule has 1 aliphatic carbocycles. The molecule has 0 amide bonds. The Morgan fingerprint density at radius 2 is 2.16 bits per heavy atom. The van der Waals surface area contributed by atoms with Crippen molar-refractivity contribution in [1.29, 1.82) is 0 Å². The number of fused-ring (bicyclic) bond motifs is 1. The van der Waals surface area contributed by atoms with Crippen molar-refractivity contribution in [1.82, 2.24) is 24.6 Å². The van der Waals surface area contributed by atoms with E-state index in [-0.39, 0.29) is 17.6 Å². The Kier molecular flexibility index (Phi) is 4.46. The molecule has 158 valence electrons. The van der Waals surface area contributed by atoms with Crippen molar-refractivity contribution >= 4 is 23.2 Å². The quantitative estimate of drug-likeness (QED) is 0.383. The Morgan fingerprint density at radius 3 is 2.87 bits per heavy atom. The van der Waals surface area contributed by atoms with E-state index in [2.05, 4.69) is 20.4 Å². The second-order valence-electron chi connectivity index (χ2n) is 7.51. The fourth-order valence-corrected chi connectivity index (χ4v) is 3.32. The van der Waals surface area contributed by atoms with Gasteiger partial charge >= 0.3 is 5.69 Å². The van der Waals surface area contributed by atoms with E-state index in [4.69, 9.17) is 14.7 Å². The van der Waals surface area contributed by atoms with Gasteiger partial charge < -0.3 is 20.1 Å². The van der Waals surface area contributed by atoms with Gasteiger partial charge in [0.1, 0.15) is 17.3 Å². The van der Waals surface area contributed by atoms with Crippen LogP contribution >= 0.6 is 0 Å². The summed E-state index contributed by atoms with van der Waals surface area (Å²) in [6.07, 6.45) is 5.34. The predicted molar refractivity (Wildman–Crippen MR) is 114 cm³/mol. The number of rotatable bonds is 5. The Balaban J connectivity index is 1.69. The molecule has 0 atom stereocenters. The summed E-state index contributed by atoms with van der Waals surface area (Å²) in [6, 6.07) is 7.99. The van der Waals surface area contributed by atoms with Crippen LogP contribution in [0.25, 0.3) is 11.7 Å². The first kappa shape index (κ1) is 18.9. The van der Waals surface area contributed by atoms with Gasteiger partial charge in [-0.3, -0.25) is 9.98 Å². The molecule has 3 aromatic heterocycles. The summed E-state index contributed by atoms with van der Waals surface area (Å²) in [4.78, 5) is 25.8. The standard InChI is InChI=1S/C21H21N7O3/c1-11-3-6-16(31-2)14(7-11)24-17-9-18(23-13-4-5-13)28-19(26-17)12(10-22-28)8-15-20(29)27-21(30)25-15/h3,6-10,13,24,29H,4-5H2,1-2H3,(H2,25,27,30)/b12-8+,23-18?.